The summed E-state index contributed by atoms with van der Waals surface area (Å²) in [5, 5.41) is 0.712. The van der Waals surface area contributed by atoms with E-state index in [0.717, 1.165) is 34.2 Å². The van der Waals surface area contributed by atoms with Crippen molar-refractivity contribution in [1.82, 2.24) is 0 Å². The normalized spacial score (nSPS) is 12.2. The summed E-state index contributed by atoms with van der Waals surface area (Å²) in [6, 6.07) is 13.9. The molecule has 0 amide bonds. The first-order valence-electron chi connectivity index (χ1n) is 6.99. The first-order valence-corrected chi connectivity index (χ1v) is 8.17. The summed E-state index contributed by atoms with van der Waals surface area (Å²) >= 11 is 9.50. The molecular weight excluding hydrogens is 350 g/mol. The summed E-state index contributed by atoms with van der Waals surface area (Å²) < 4.78 is 7.00. The molecule has 0 aliphatic carbocycles. The molecule has 0 aliphatic heterocycles. The number of rotatable bonds is 6. The number of benzene rings is 2. The van der Waals surface area contributed by atoms with E-state index in [2.05, 4.69) is 22.9 Å². The van der Waals surface area contributed by atoms with E-state index in [-0.39, 0.29) is 6.04 Å². The van der Waals surface area contributed by atoms with Crippen LogP contribution >= 0.6 is 27.5 Å². The first kappa shape index (κ1) is 16.3. The molecule has 2 aromatic rings. The van der Waals surface area contributed by atoms with Crippen LogP contribution in [0.15, 0.2) is 46.9 Å². The summed E-state index contributed by atoms with van der Waals surface area (Å²) in [7, 11) is 0. The Balaban J connectivity index is 2.09. The Morgan fingerprint density at radius 3 is 2.57 bits per heavy atom. The molecule has 21 heavy (non-hydrogen) atoms. The van der Waals surface area contributed by atoms with Gasteiger partial charge in [-0.1, -0.05) is 46.6 Å². The van der Waals surface area contributed by atoms with Crippen molar-refractivity contribution in [2.45, 2.75) is 32.4 Å². The van der Waals surface area contributed by atoms with E-state index < -0.39 is 0 Å². The van der Waals surface area contributed by atoms with Gasteiger partial charge < -0.3 is 10.5 Å². The molecule has 0 aromatic heterocycles. The van der Waals surface area contributed by atoms with Crippen molar-refractivity contribution in [3.63, 3.8) is 0 Å². The highest BCUT2D eigenvalue weighted by atomic mass is 79.9. The third kappa shape index (κ3) is 5.03. The van der Waals surface area contributed by atoms with Gasteiger partial charge in [-0.05, 0) is 54.3 Å². The fraction of sp³-hybridized carbons (Fsp3) is 0.294. The lowest BCUT2D eigenvalue weighted by atomic mass is 10.0. The number of hydrogen-bond donors (Lipinski definition) is 1. The maximum Gasteiger partial charge on any atom is 0.123 e. The third-order valence-corrected chi connectivity index (χ3v) is 4.10. The molecule has 0 saturated heterocycles. The second-order valence-corrected chi connectivity index (χ2v) is 6.39. The van der Waals surface area contributed by atoms with Crippen molar-refractivity contribution < 1.29 is 4.74 Å². The Bertz CT molecular complexity index is 586. The second kappa shape index (κ2) is 7.83. The summed E-state index contributed by atoms with van der Waals surface area (Å²) in [6.07, 6.45) is 1.70. The fourth-order valence-corrected chi connectivity index (χ4v) is 2.48. The van der Waals surface area contributed by atoms with Crippen LogP contribution in [-0.4, -0.2) is 6.04 Å². The Morgan fingerprint density at radius 2 is 1.90 bits per heavy atom. The fourth-order valence-electron chi connectivity index (χ4n) is 2.02. The van der Waals surface area contributed by atoms with Crippen LogP contribution < -0.4 is 10.5 Å². The number of nitrogens with two attached hydrogens (primary N) is 1. The third-order valence-electron chi connectivity index (χ3n) is 3.34. The molecule has 0 heterocycles. The monoisotopic (exact) mass is 367 g/mol. The van der Waals surface area contributed by atoms with Gasteiger partial charge in [0.05, 0.1) is 0 Å². The largest absolute Gasteiger partial charge is 0.489 e. The molecule has 0 saturated carbocycles. The Kier molecular flexibility index (Phi) is 6.09. The van der Waals surface area contributed by atoms with Gasteiger partial charge in [-0.15, -0.1) is 0 Å². The first-order chi connectivity index (χ1) is 10.1. The summed E-state index contributed by atoms with van der Waals surface area (Å²) in [5.41, 5.74) is 8.23. The lowest BCUT2D eigenvalue weighted by molar-refractivity contribution is 0.302. The number of halogens is 2. The van der Waals surface area contributed by atoms with E-state index in [4.69, 9.17) is 22.1 Å². The molecule has 2 N–H and O–H groups in total. The molecule has 0 spiro atoms. The van der Waals surface area contributed by atoms with Crippen molar-refractivity contribution in [3.8, 4) is 5.75 Å². The molecule has 1 atom stereocenters. The van der Waals surface area contributed by atoms with Crippen LogP contribution in [0.4, 0.5) is 0 Å². The van der Waals surface area contributed by atoms with E-state index in [1.807, 2.05) is 42.5 Å². The van der Waals surface area contributed by atoms with Gasteiger partial charge in [-0.2, -0.15) is 0 Å². The van der Waals surface area contributed by atoms with Gasteiger partial charge in [-0.3, -0.25) is 0 Å². The van der Waals surface area contributed by atoms with Crippen molar-refractivity contribution in [1.29, 1.82) is 0 Å². The van der Waals surface area contributed by atoms with Gasteiger partial charge in [0.15, 0.2) is 0 Å². The molecule has 2 aromatic carbocycles. The quantitative estimate of drug-likeness (QED) is 0.782. The SMILES string of the molecule is CCC(N)Cc1cc(Cl)ccc1OCc1ccc(Br)cc1. The minimum atomic E-state index is 0.124. The van der Waals surface area contributed by atoms with Crippen LogP contribution in [0.5, 0.6) is 5.75 Å². The lowest BCUT2D eigenvalue weighted by Gasteiger charge is -2.15. The van der Waals surface area contributed by atoms with Gasteiger partial charge >= 0.3 is 0 Å². The molecule has 0 bridgehead atoms. The molecule has 112 valence electrons. The Morgan fingerprint density at radius 1 is 1.19 bits per heavy atom. The van der Waals surface area contributed by atoms with E-state index in [9.17, 15) is 0 Å². The van der Waals surface area contributed by atoms with Crippen molar-refractivity contribution in [2.24, 2.45) is 5.73 Å². The van der Waals surface area contributed by atoms with Crippen LogP contribution in [0, 0.1) is 0 Å². The molecule has 0 fully saturated rings. The maximum absolute atomic E-state index is 6.08. The van der Waals surface area contributed by atoms with Crippen LogP contribution in [0.25, 0.3) is 0 Å². The van der Waals surface area contributed by atoms with Crippen molar-refractivity contribution >= 4 is 27.5 Å². The molecule has 1 unspecified atom stereocenters. The zero-order valence-corrected chi connectivity index (χ0v) is 14.3. The van der Waals surface area contributed by atoms with E-state index in [1.54, 1.807) is 0 Å². The molecule has 4 heteroatoms. The van der Waals surface area contributed by atoms with Crippen LogP contribution in [0.1, 0.15) is 24.5 Å². The maximum atomic E-state index is 6.08. The smallest absolute Gasteiger partial charge is 0.123 e. The van der Waals surface area contributed by atoms with Gasteiger partial charge in [0.25, 0.3) is 0 Å². The summed E-state index contributed by atoms with van der Waals surface area (Å²) in [5.74, 6) is 0.853. The highest BCUT2D eigenvalue weighted by molar-refractivity contribution is 9.10. The van der Waals surface area contributed by atoms with Gasteiger partial charge in [0, 0.05) is 15.5 Å². The van der Waals surface area contributed by atoms with E-state index in [0.29, 0.717) is 11.6 Å². The van der Waals surface area contributed by atoms with E-state index >= 15 is 0 Å². The van der Waals surface area contributed by atoms with Gasteiger partial charge in [0.2, 0.25) is 0 Å². The molecule has 0 radical (unpaired) electrons. The average molecular weight is 369 g/mol. The van der Waals surface area contributed by atoms with E-state index in [1.165, 1.54) is 0 Å². The highest BCUT2D eigenvalue weighted by Crippen LogP contribution is 2.25. The van der Waals surface area contributed by atoms with Crippen molar-refractivity contribution in [3.05, 3.63) is 63.1 Å². The minimum Gasteiger partial charge on any atom is -0.489 e. The van der Waals surface area contributed by atoms with Crippen molar-refractivity contribution in [2.75, 3.05) is 0 Å². The topological polar surface area (TPSA) is 35.2 Å². The summed E-state index contributed by atoms with van der Waals surface area (Å²) in [4.78, 5) is 0. The van der Waals surface area contributed by atoms with Crippen LogP contribution in [0.2, 0.25) is 5.02 Å². The number of hydrogen-bond acceptors (Lipinski definition) is 2. The Labute approximate surface area is 139 Å². The van der Waals surface area contributed by atoms with Crippen LogP contribution in [0.3, 0.4) is 0 Å². The Hall–Kier alpha value is -1.03. The average Bonchev–Trinajstić information content (AvgIpc) is 2.48. The molecule has 2 nitrogen and oxygen atoms in total. The number of ether oxygens (including phenoxy) is 1. The summed E-state index contributed by atoms with van der Waals surface area (Å²) in [6.45, 7) is 2.61. The van der Waals surface area contributed by atoms with Crippen LogP contribution in [-0.2, 0) is 13.0 Å². The second-order valence-electron chi connectivity index (χ2n) is 5.04. The van der Waals surface area contributed by atoms with Gasteiger partial charge in [0.1, 0.15) is 12.4 Å². The van der Waals surface area contributed by atoms with Gasteiger partial charge in [-0.25, -0.2) is 0 Å². The minimum absolute atomic E-state index is 0.124. The zero-order valence-electron chi connectivity index (χ0n) is 12.0. The molecule has 0 aliphatic rings. The highest BCUT2D eigenvalue weighted by Gasteiger charge is 2.09. The predicted octanol–water partition coefficient (Wildman–Crippen LogP) is 4.96. The standard InChI is InChI=1S/C17H19BrClNO/c1-2-16(20)10-13-9-15(19)7-8-17(13)21-11-12-3-5-14(18)6-4-12/h3-9,16H,2,10-11,20H2,1H3. The lowest BCUT2D eigenvalue weighted by Crippen LogP contribution is -2.21. The predicted molar refractivity (Wildman–Crippen MR) is 91.9 cm³/mol. The molecular formula is C17H19BrClNO. The molecule has 2 rings (SSSR count). The zero-order chi connectivity index (χ0) is 15.2.